The summed E-state index contributed by atoms with van der Waals surface area (Å²) in [4.78, 5) is 4.99. The zero-order chi connectivity index (χ0) is 15.1. The van der Waals surface area contributed by atoms with Crippen molar-refractivity contribution in [3.05, 3.63) is 60.2 Å². The van der Waals surface area contributed by atoms with Crippen LogP contribution in [0.5, 0.6) is 0 Å². The molecule has 4 rings (SSSR count). The number of hydrogen-bond donors (Lipinski definition) is 0. The standard InChI is InChI=1S/C19H16ClNS/c1-13-6-8-16-18(12-13)22-17-9-7-14-4-2-3-5-15(14)19(17)21(16)11-10-20/h2-9,12H,10-11H2,1H3. The van der Waals surface area contributed by atoms with Crippen molar-refractivity contribution in [2.75, 3.05) is 17.3 Å². The average molecular weight is 326 g/mol. The summed E-state index contributed by atoms with van der Waals surface area (Å²) in [5, 5.41) is 2.57. The minimum atomic E-state index is 0.612. The predicted molar refractivity (Wildman–Crippen MR) is 97.0 cm³/mol. The fourth-order valence-electron chi connectivity index (χ4n) is 3.08. The van der Waals surface area contributed by atoms with E-state index in [1.165, 1.54) is 37.5 Å². The van der Waals surface area contributed by atoms with E-state index in [4.69, 9.17) is 11.6 Å². The van der Waals surface area contributed by atoms with Crippen molar-refractivity contribution in [3.8, 4) is 0 Å². The lowest BCUT2D eigenvalue weighted by Crippen LogP contribution is -2.23. The van der Waals surface area contributed by atoms with Crippen LogP contribution in [0, 0.1) is 6.92 Å². The van der Waals surface area contributed by atoms with Gasteiger partial charge in [0.25, 0.3) is 0 Å². The quantitative estimate of drug-likeness (QED) is 0.532. The molecule has 0 spiro atoms. The number of rotatable bonds is 2. The van der Waals surface area contributed by atoms with Crippen LogP contribution in [0.1, 0.15) is 5.56 Å². The Morgan fingerprint density at radius 3 is 2.73 bits per heavy atom. The smallest absolute Gasteiger partial charge is 0.0632 e. The minimum absolute atomic E-state index is 0.612. The first kappa shape index (κ1) is 14.0. The van der Waals surface area contributed by atoms with E-state index in [-0.39, 0.29) is 0 Å². The second-order valence-corrected chi connectivity index (χ2v) is 7.01. The maximum atomic E-state index is 6.10. The van der Waals surface area contributed by atoms with Crippen LogP contribution in [0.2, 0.25) is 0 Å². The van der Waals surface area contributed by atoms with Gasteiger partial charge in [-0.1, -0.05) is 48.2 Å². The second-order valence-electron chi connectivity index (χ2n) is 5.55. The molecular weight excluding hydrogens is 310 g/mol. The van der Waals surface area contributed by atoms with Gasteiger partial charge >= 0.3 is 0 Å². The van der Waals surface area contributed by atoms with Crippen LogP contribution in [-0.4, -0.2) is 12.4 Å². The van der Waals surface area contributed by atoms with E-state index in [1.54, 1.807) is 0 Å². The molecular formula is C19H16ClNS. The fraction of sp³-hybridized carbons (Fsp3) is 0.158. The third-order valence-corrected chi connectivity index (χ3v) is 5.33. The third kappa shape index (κ3) is 2.18. The Kier molecular flexibility index (Phi) is 3.51. The number of hydrogen-bond acceptors (Lipinski definition) is 2. The van der Waals surface area contributed by atoms with Crippen LogP contribution < -0.4 is 4.90 Å². The number of nitrogens with zero attached hydrogens (tertiary/aromatic N) is 1. The molecule has 0 aliphatic carbocycles. The normalized spacial score (nSPS) is 13.1. The summed E-state index contributed by atoms with van der Waals surface area (Å²) in [6.07, 6.45) is 0. The van der Waals surface area contributed by atoms with Crippen molar-refractivity contribution in [1.82, 2.24) is 0 Å². The van der Waals surface area contributed by atoms with Crippen LogP contribution in [-0.2, 0) is 0 Å². The van der Waals surface area contributed by atoms with Crippen molar-refractivity contribution in [1.29, 1.82) is 0 Å². The number of alkyl halides is 1. The zero-order valence-electron chi connectivity index (χ0n) is 12.3. The summed E-state index contributed by atoms with van der Waals surface area (Å²) < 4.78 is 0. The minimum Gasteiger partial charge on any atom is -0.338 e. The Balaban J connectivity index is 1.99. The molecule has 110 valence electrons. The Morgan fingerprint density at radius 2 is 1.86 bits per heavy atom. The number of benzene rings is 3. The summed E-state index contributed by atoms with van der Waals surface area (Å²) in [5.74, 6) is 0.612. The highest BCUT2D eigenvalue weighted by molar-refractivity contribution is 7.99. The molecule has 0 saturated heterocycles. The van der Waals surface area contributed by atoms with Crippen LogP contribution in [0.4, 0.5) is 11.4 Å². The Labute approximate surface area is 139 Å². The van der Waals surface area contributed by atoms with E-state index < -0.39 is 0 Å². The summed E-state index contributed by atoms with van der Waals surface area (Å²) in [6.45, 7) is 2.96. The number of halogens is 1. The van der Waals surface area contributed by atoms with Crippen LogP contribution >= 0.6 is 23.4 Å². The first-order valence-corrected chi connectivity index (χ1v) is 8.77. The molecule has 0 bridgehead atoms. The van der Waals surface area contributed by atoms with Crippen molar-refractivity contribution < 1.29 is 0 Å². The SMILES string of the molecule is Cc1ccc2c(c1)Sc1ccc3ccccc3c1N2CCCl. The molecule has 0 amide bonds. The molecule has 1 aliphatic heterocycles. The predicted octanol–water partition coefficient (Wildman–Crippen LogP) is 5.99. The Hall–Kier alpha value is -1.64. The molecule has 3 aromatic rings. The summed E-state index contributed by atoms with van der Waals surface area (Å²) in [6, 6.07) is 19.7. The van der Waals surface area contributed by atoms with Crippen LogP contribution in [0.15, 0.2) is 64.4 Å². The number of fused-ring (bicyclic) bond motifs is 4. The molecule has 0 atom stereocenters. The first-order valence-electron chi connectivity index (χ1n) is 7.42. The largest absolute Gasteiger partial charge is 0.338 e. The van der Waals surface area contributed by atoms with Gasteiger partial charge in [-0.15, -0.1) is 11.6 Å². The molecule has 3 heteroatoms. The van der Waals surface area contributed by atoms with Gasteiger partial charge in [0.05, 0.1) is 11.4 Å². The maximum absolute atomic E-state index is 6.10. The van der Waals surface area contributed by atoms with Gasteiger partial charge in [0.15, 0.2) is 0 Å². The summed E-state index contributed by atoms with van der Waals surface area (Å²) in [7, 11) is 0. The van der Waals surface area contributed by atoms with Crippen molar-refractivity contribution in [2.24, 2.45) is 0 Å². The van der Waals surface area contributed by atoms with Gasteiger partial charge < -0.3 is 4.90 Å². The fourth-order valence-corrected chi connectivity index (χ4v) is 4.46. The molecule has 1 nitrogen and oxygen atoms in total. The van der Waals surface area contributed by atoms with Crippen molar-refractivity contribution >= 4 is 45.5 Å². The maximum Gasteiger partial charge on any atom is 0.0632 e. The van der Waals surface area contributed by atoms with Gasteiger partial charge in [-0.05, 0) is 36.1 Å². The number of anilines is 2. The summed E-state index contributed by atoms with van der Waals surface area (Å²) >= 11 is 7.96. The molecule has 22 heavy (non-hydrogen) atoms. The molecule has 0 aromatic heterocycles. The van der Waals surface area contributed by atoms with E-state index >= 15 is 0 Å². The van der Waals surface area contributed by atoms with Gasteiger partial charge in [0.2, 0.25) is 0 Å². The third-order valence-electron chi connectivity index (χ3n) is 4.07. The van der Waals surface area contributed by atoms with E-state index in [1.807, 2.05) is 11.8 Å². The van der Waals surface area contributed by atoms with Crippen molar-refractivity contribution in [3.63, 3.8) is 0 Å². The van der Waals surface area contributed by atoms with E-state index in [0.29, 0.717) is 5.88 Å². The van der Waals surface area contributed by atoms with Crippen molar-refractivity contribution in [2.45, 2.75) is 16.7 Å². The lowest BCUT2D eigenvalue weighted by molar-refractivity contribution is 0.989. The van der Waals surface area contributed by atoms with Crippen LogP contribution in [0.25, 0.3) is 10.8 Å². The topological polar surface area (TPSA) is 3.24 Å². The van der Waals surface area contributed by atoms with Gasteiger partial charge in [-0.25, -0.2) is 0 Å². The molecule has 0 N–H and O–H groups in total. The average Bonchev–Trinajstić information content (AvgIpc) is 2.54. The van der Waals surface area contributed by atoms with Gasteiger partial charge in [-0.2, -0.15) is 0 Å². The molecule has 1 aliphatic rings. The molecule has 0 fully saturated rings. The molecule has 1 heterocycles. The number of aryl methyl sites for hydroxylation is 1. The lowest BCUT2D eigenvalue weighted by Gasteiger charge is -2.33. The lowest BCUT2D eigenvalue weighted by atomic mass is 10.1. The van der Waals surface area contributed by atoms with Gasteiger partial charge in [0.1, 0.15) is 0 Å². The first-order chi connectivity index (χ1) is 10.8. The van der Waals surface area contributed by atoms with Crippen LogP contribution in [0.3, 0.4) is 0 Å². The Bertz CT molecular complexity index is 859. The molecule has 0 radical (unpaired) electrons. The van der Waals surface area contributed by atoms with Gasteiger partial charge in [-0.3, -0.25) is 0 Å². The zero-order valence-corrected chi connectivity index (χ0v) is 13.9. The molecule has 3 aromatic carbocycles. The van der Waals surface area contributed by atoms with E-state index in [9.17, 15) is 0 Å². The monoisotopic (exact) mass is 325 g/mol. The van der Waals surface area contributed by atoms with Gasteiger partial charge in [0, 0.05) is 27.6 Å². The second kappa shape index (κ2) is 5.53. The highest BCUT2D eigenvalue weighted by Crippen LogP contribution is 2.50. The molecule has 0 unspecified atom stereocenters. The highest BCUT2D eigenvalue weighted by atomic mass is 35.5. The Morgan fingerprint density at radius 1 is 1.00 bits per heavy atom. The molecule has 0 saturated carbocycles. The highest BCUT2D eigenvalue weighted by Gasteiger charge is 2.24. The van der Waals surface area contributed by atoms with E-state index in [2.05, 4.69) is 66.4 Å². The van der Waals surface area contributed by atoms with E-state index in [0.717, 1.165) is 6.54 Å². The summed E-state index contributed by atoms with van der Waals surface area (Å²) in [5.41, 5.74) is 3.85.